The fourth-order valence-electron chi connectivity index (χ4n) is 2.96. The molecule has 2 heterocycles. The Kier molecular flexibility index (Phi) is 4.98. The van der Waals surface area contributed by atoms with E-state index in [1.807, 2.05) is 26.0 Å². The zero-order valence-electron chi connectivity index (χ0n) is 14.8. The molecule has 0 amide bonds. The third-order valence-electron chi connectivity index (χ3n) is 4.62. The maximum absolute atomic E-state index is 10.8. The number of anilines is 1. The first-order chi connectivity index (χ1) is 12.0. The molecule has 0 saturated carbocycles. The van der Waals surface area contributed by atoms with Gasteiger partial charge in [-0.3, -0.25) is 15.0 Å². The SMILES string of the molecule is CC(C)c1noc([C@H](C)N2CCN(c3ccc([N+](=O)[O-])cc3)CC2)n1. The Morgan fingerprint density at radius 3 is 2.28 bits per heavy atom. The van der Waals surface area contributed by atoms with Gasteiger partial charge < -0.3 is 9.42 Å². The first kappa shape index (κ1) is 17.3. The van der Waals surface area contributed by atoms with Crippen molar-refractivity contribution in [2.24, 2.45) is 0 Å². The number of benzene rings is 1. The summed E-state index contributed by atoms with van der Waals surface area (Å²) in [5.41, 5.74) is 1.13. The van der Waals surface area contributed by atoms with Gasteiger partial charge in [-0.25, -0.2) is 0 Å². The van der Waals surface area contributed by atoms with Gasteiger partial charge in [-0.15, -0.1) is 0 Å². The van der Waals surface area contributed by atoms with E-state index in [-0.39, 0.29) is 22.6 Å². The molecule has 0 aliphatic carbocycles. The Bertz CT molecular complexity index is 720. The van der Waals surface area contributed by atoms with E-state index >= 15 is 0 Å². The lowest BCUT2D eigenvalue weighted by molar-refractivity contribution is -0.384. The largest absolute Gasteiger partial charge is 0.369 e. The summed E-state index contributed by atoms with van der Waals surface area (Å²) in [4.78, 5) is 19.4. The average molecular weight is 345 g/mol. The summed E-state index contributed by atoms with van der Waals surface area (Å²) >= 11 is 0. The van der Waals surface area contributed by atoms with Gasteiger partial charge in [-0.1, -0.05) is 19.0 Å². The number of piperazine rings is 1. The van der Waals surface area contributed by atoms with Crippen molar-refractivity contribution < 1.29 is 9.45 Å². The fraction of sp³-hybridized carbons (Fsp3) is 0.529. The highest BCUT2D eigenvalue weighted by Crippen LogP contribution is 2.25. The minimum Gasteiger partial charge on any atom is -0.369 e. The number of hydrogen-bond donors (Lipinski definition) is 0. The second kappa shape index (κ2) is 7.18. The van der Waals surface area contributed by atoms with E-state index in [9.17, 15) is 10.1 Å². The van der Waals surface area contributed by atoms with E-state index in [1.54, 1.807) is 12.1 Å². The highest BCUT2D eigenvalue weighted by atomic mass is 16.6. The Morgan fingerprint density at radius 1 is 1.12 bits per heavy atom. The number of aromatic nitrogens is 2. The summed E-state index contributed by atoms with van der Waals surface area (Å²) in [5, 5.41) is 14.8. The molecule has 1 fully saturated rings. The number of hydrogen-bond acceptors (Lipinski definition) is 7. The lowest BCUT2D eigenvalue weighted by Crippen LogP contribution is -2.47. The van der Waals surface area contributed by atoms with Crippen LogP contribution in [0.2, 0.25) is 0 Å². The minimum atomic E-state index is -0.376. The predicted molar refractivity (Wildman–Crippen MR) is 93.7 cm³/mol. The quantitative estimate of drug-likeness (QED) is 0.608. The van der Waals surface area contributed by atoms with E-state index < -0.39 is 0 Å². The molecule has 0 radical (unpaired) electrons. The lowest BCUT2D eigenvalue weighted by atomic mass is 10.2. The summed E-state index contributed by atoms with van der Waals surface area (Å²) in [5.74, 6) is 1.66. The van der Waals surface area contributed by atoms with Gasteiger partial charge in [0.2, 0.25) is 5.89 Å². The van der Waals surface area contributed by atoms with Gasteiger partial charge in [0.05, 0.1) is 11.0 Å². The summed E-state index contributed by atoms with van der Waals surface area (Å²) < 4.78 is 5.41. The zero-order chi connectivity index (χ0) is 18.0. The molecule has 1 saturated heterocycles. The highest BCUT2D eigenvalue weighted by molar-refractivity contribution is 5.51. The van der Waals surface area contributed by atoms with Gasteiger partial charge in [0, 0.05) is 49.9 Å². The van der Waals surface area contributed by atoms with Crippen LogP contribution in [0.1, 0.15) is 44.4 Å². The molecular formula is C17H23N5O3. The molecule has 0 spiro atoms. The highest BCUT2D eigenvalue weighted by Gasteiger charge is 2.26. The van der Waals surface area contributed by atoms with Crippen LogP contribution in [0.5, 0.6) is 0 Å². The van der Waals surface area contributed by atoms with Crippen molar-refractivity contribution in [3.8, 4) is 0 Å². The van der Waals surface area contributed by atoms with E-state index in [4.69, 9.17) is 4.52 Å². The fourth-order valence-corrected chi connectivity index (χ4v) is 2.96. The molecule has 8 nitrogen and oxygen atoms in total. The van der Waals surface area contributed by atoms with Gasteiger partial charge in [0.15, 0.2) is 5.82 Å². The number of rotatable bonds is 5. The third-order valence-corrected chi connectivity index (χ3v) is 4.62. The predicted octanol–water partition coefficient (Wildman–Crippen LogP) is 2.98. The van der Waals surface area contributed by atoms with Crippen LogP contribution >= 0.6 is 0 Å². The first-order valence-electron chi connectivity index (χ1n) is 8.52. The maximum Gasteiger partial charge on any atom is 0.269 e. The van der Waals surface area contributed by atoms with Gasteiger partial charge in [-0.2, -0.15) is 4.98 Å². The van der Waals surface area contributed by atoms with Crippen LogP contribution in [-0.4, -0.2) is 46.1 Å². The number of non-ortho nitro benzene ring substituents is 1. The number of nitro groups is 1. The van der Waals surface area contributed by atoms with Crippen LogP contribution in [0.15, 0.2) is 28.8 Å². The molecule has 1 aliphatic rings. The number of nitrogens with zero attached hydrogens (tertiary/aromatic N) is 5. The standard InChI is InChI=1S/C17H23N5O3/c1-12(2)16-18-17(25-19-16)13(3)20-8-10-21(11-9-20)14-4-6-15(7-5-14)22(23)24/h4-7,12-13H,8-11H2,1-3H3/t13-/m0/s1. The van der Waals surface area contributed by atoms with Crippen LogP contribution in [0, 0.1) is 10.1 Å². The average Bonchev–Trinajstić information content (AvgIpc) is 3.12. The minimum absolute atomic E-state index is 0.0824. The van der Waals surface area contributed by atoms with Gasteiger partial charge in [-0.05, 0) is 19.1 Å². The monoisotopic (exact) mass is 345 g/mol. The van der Waals surface area contributed by atoms with Crippen molar-refractivity contribution in [1.29, 1.82) is 0 Å². The van der Waals surface area contributed by atoms with E-state index in [0.29, 0.717) is 5.89 Å². The Balaban J connectivity index is 1.60. The van der Waals surface area contributed by atoms with E-state index in [1.165, 1.54) is 0 Å². The molecule has 3 rings (SSSR count). The Morgan fingerprint density at radius 2 is 1.76 bits per heavy atom. The molecule has 1 atom stereocenters. The van der Waals surface area contributed by atoms with Crippen LogP contribution in [0.3, 0.4) is 0 Å². The third kappa shape index (κ3) is 3.79. The molecule has 0 unspecified atom stereocenters. The summed E-state index contributed by atoms with van der Waals surface area (Å²) in [6, 6.07) is 6.81. The Labute approximate surface area is 146 Å². The maximum atomic E-state index is 10.8. The van der Waals surface area contributed by atoms with Crippen LogP contribution in [0.4, 0.5) is 11.4 Å². The second-order valence-corrected chi connectivity index (χ2v) is 6.62. The van der Waals surface area contributed by atoms with Crippen molar-refractivity contribution in [2.45, 2.75) is 32.7 Å². The van der Waals surface area contributed by atoms with Crippen molar-refractivity contribution in [3.05, 3.63) is 46.1 Å². The molecular weight excluding hydrogens is 322 g/mol. The molecule has 1 aliphatic heterocycles. The van der Waals surface area contributed by atoms with Crippen LogP contribution in [0.25, 0.3) is 0 Å². The molecule has 1 aromatic heterocycles. The van der Waals surface area contributed by atoms with Gasteiger partial charge in [0.25, 0.3) is 5.69 Å². The van der Waals surface area contributed by atoms with Crippen molar-refractivity contribution in [3.63, 3.8) is 0 Å². The van der Waals surface area contributed by atoms with Gasteiger partial charge >= 0.3 is 0 Å². The van der Waals surface area contributed by atoms with E-state index in [0.717, 1.165) is 37.7 Å². The normalized spacial score (nSPS) is 17.0. The van der Waals surface area contributed by atoms with Crippen molar-refractivity contribution >= 4 is 11.4 Å². The van der Waals surface area contributed by atoms with Crippen LogP contribution in [-0.2, 0) is 0 Å². The summed E-state index contributed by atoms with van der Waals surface area (Å²) in [6.45, 7) is 9.62. The van der Waals surface area contributed by atoms with Crippen molar-refractivity contribution in [2.75, 3.05) is 31.1 Å². The molecule has 8 heteroatoms. The van der Waals surface area contributed by atoms with E-state index in [2.05, 4.69) is 26.9 Å². The molecule has 1 aromatic carbocycles. The zero-order valence-corrected chi connectivity index (χ0v) is 14.8. The number of nitro benzene ring substituents is 1. The van der Waals surface area contributed by atoms with Crippen LogP contribution < -0.4 is 4.90 Å². The molecule has 2 aromatic rings. The van der Waals surface area contributed by atoms with Gasteiger partial charge in [0.1, 0.15) is 0 Å². The summed E-state index contributed by atoms with van der Waals surface area (Å²) in [6.07, 6.45) is 0. The summed E-state index contributed by atoms with van der Waals surface area (Å²) in [7, 11) is 0. The lowest BCUT2D eigenvalue weighted by Gasteiger charge is -2.38. The smallest absolute Gasteiger partial charge is 0.269 e. The Hall–Kier alpha value is -2.48. The first-order valence-corrected chi connectivity index (χ1v) is 8.52. The topological polar surface area (TPSA) is 88.5 Å². The molecule has 134 valence electrons. The molecule has 0 bridgehead atoms. The van der Waals surface area contributed by atoms with Crippen molar-refractivity contribution in [1.82, 2.24) is 15.0 Å². The second-order valence-electron chi connectivity index (χ2n) is 6.62. The molecule has 0 N–H and O–H groups in total. The molecule has 25 heavy (non-hydrogen) atoms.